The van der Waals surface area contributed by atoms with E-state index in [1.54, 1.807) is 12.1 Å². The average molecular weight is 318 g/mol. The maximum atomic E-state index is 13.1. The minimum Gasteiger partial charge on any atom is -0.207 e. The molecule has 1 aliphatic rings. The third-order valence-electron chi connectivity index (χ3n) is 4.19. The molecule has 2 aromatic carbocycles. The van der Waals surface area contributed by atoms with Crippen LogP contribution >= 0.6 is 23.5 Å². The average Bonchev–Trinajstić information content (AvgIpc) is 2.62. The molecule has 1 heterocycles. The van der Waals surface area contributed by atoms with Crippen molar-refractivity contribution in [2.24, 2.45) is 0 Å². The number of thioether (sulfide) groups is 2. The zero-order valence-electron chi connectivity index (χ0n) is 12.6. The van der Waals surface area contributed by atoms with Crippen molar-refractivity contribution >= 4 is 23.5 Å². The maximum Gasteiger partial charge on any atom is 0.123 e. The summed E-state index contributed by atoms with van der Waals surface area (Å²) in [6.07, 6.45) is 0. The Kier molecular flexibility index (Phi) is 4.06. The van der Waals surface area contributed by atoms with E-state index >= 15 is 0 Å². The molecule has 3 rings (SSSR count). The molecule has 0 aliphatic carbocycles. The monoisotopic (exact) mass is 318 g/mol. The van der Waals surface area contributed by atoms with Gasteiger partial charge in [-0.1, -0.05) is 24.3 Å². The zero-order valence-corrected chi connectivity index (χ0v) is 14.2. The minimum absolute atomic E-state index is 0.0193. The Hall–Kier alpha value is -0.930. The first-order chi connectivity index (χ1) is 9.98. The summed E-state index contributed by atoms with van der Waals surface area (Å²) in [6.45, 7) is 6.61. The summed E-state index contributed by atoms with van der Waals surface area (Å²) < 4.78 is 13.1. The maximum absolute atomic E-state index is 13.1. The SMILES string of the molecule is Cc1cc2c(cc1C)CSC(C)(c1ccc(F)cc1)SC2. The molecule has 0 saturated heterocycles. The summed E-state index contributed by atoms with van der Waals surface area (Å²) in [6, 6.07) is 11.6. The number of benzene rings is 2. The first kappa shape index (κ1) is 15.0. The van der Waals surface area contributed by atoms with Crippen LogP contribution in [0.5, 0.6) is 0 Å². The van der Waals surface area contributed by atoms with Crippen LogP contribution in [0.4, 0.5) is 4.39 Å². The van der Waals surface area contributed by atoms with E-state index in [0.717, 1.165) is 11.5 Å². The third-order valence-corrected chi connectivity index (χ3v) is 7.38. The Morgan fingerprint density at radius 3 is 1.86 bits per heavy atom. The summed E-state index contributed by atoms with van der Waals surface area (Å²) in [5, 5.41) is 0. The van der Waals surface area contributed by atoms with E-state index in [2.05, 4.69) is 32.9 Å². The molecule has 0 N–H and O–H groups in total. The smallest absolute Gasteiger partial charge is 0.123 e. The van der Waals surface area contributed by atoms with Gasteiger partial charge in [0.1, 0.15) is 5.82 Å². The Balaban J connectivity index is 1.91. The van der Waals surface area contributed by atoms with Crippen LogP contribution in [0.15, 0.2) is 36.4 Å². The fourth-order valence-corrected chi connectivity index (χ4v) is 5.29. The number of halogens is 1. The Labute approximate surface area is 134 Å². The van der Waals surface area contributed by atoms with Crippen LogP contribution in [0, 0.1) is 19.7 Å². The Morgan fingerprint density at radius 2 is 1.38 bits per heavy atom. The molecule has 0 unspecified atom stereocenters. The van der Waals surface area contributed by atoms with Crippen molar-refractivity contribution in [3.8, 4) is 0 Å². The van der Waals surface area contributed by atoms with Crippen LogP contribution in [0.3, 0.4) is 0 Å². The normalized spacial score (nSPS) is 17.1. The molecule has 0 amide bonds. The van der Waals surface area contributed by atoms with Crippen LogP contribution in [0.1, 0.15) is 34.7 Å². The van der Waals surface area contributed by atoms with Crippen molar-refractivity contribution < 1.29 is 4.39 Å². The van der Waals surface area contributed by atoms with Crippen molar-refractivity contribution in [1.82, 2.24) is 0 Å². The van der Waals surface area contributed by atoms with Gasteiger partial charge in [-0.05, 0) is 60.7 Å². The van der Waals surface area contributed by atoms with Gasteiger partial charge in [-0.15, -0.1) is 23.5 Å². The molecule has 110 valence electrons. The molecular weight excluding hydrogens is 299 g/mol. The standard InChI is InChI=1S/C18H19FS2/c1-12-8-14-10-20-18(3,16-4-6-17(19)7-5-16)21-11-15(14)9-13(12)2/h4-9H,10-11H2,1-3H3. The molecule has 0 fully saturated rings. The van der Waals surface area contributed by atoms with Crippen molar-refractivity contribution in [1.29, 1.82) is 0 Å². The van der Waals surface area contributed by atoms with Crippen LogP contribution in [-0.4, -0.2) is 0 Å². The molecule has 3 heteroatoms. The van der Waals surface area contributed by atoms with Gasteiger partial charge in [-0.3, -0.25) is 0 Å². The van der Waals surface area contributed by atoms with Gasteiger partial charge in [0.25, 0.3) is 0 Å². The first-order valence-electron chi connectivity index (χ1n) is 7.11. The summed E-state index contributed by atoms with van der Waals surface area (Å²) in [7, 11) is 0. The molecule has 0 bridgehead atoms. The van der Waals surface area contributed by atoms with Crippen molar-refractivity contribution in [2.45, 2.75) is 36.4 Å². The number of fused-ring (bicyclic) bond motifs is 1. The largest absolute Gasteiger partial charge is 0.207 e. The lowest BCUT2D eigenvalue weighted by Gasteiger charge is -2.27. The third kappa shape index (κ3) is 3.00. The summed E-state index contributed by atoms with van der Waals surface area (Å²) in [4.78, 5) is 0. The number of aryl methyl sites for hydroxylation is 2. The highest BCUT2D eigenvalue weighted by molar-refractivity contribution is 8.16. The molecule has 2 aromatic rings. The molecule has 0 radical (unpaired) electrons. The topological polar surface area (TPSA) is 0 Å². The Morgan fingerprint density at radius 1 is 0.905 bits per heavy atom. The molecule has 21 heavy (non-hydrogen) atoms. The number of hydrogen-bond acceptors (Lipinski definition) is 2. The molecule has 0 nitrogen and oxygen atoms in total. The molecule has 0 saturated carbocycles. The summed E-state index contributed by atoms with van der Waals surface area (Å²) in [5.74, 6) is 1.86. The van der Waals surface area contributed by atoms with Crippen LogP contribution in [-0.2, 0) is 15.6 Å². The zero-order chi connectivity index (χ0) is 15.0. The highest BCUT2D eigenvalue weighted by Crippen LogP contribution is 2.51. The highest BCUT2D eigenvalue weighted by atomic mass is 32.2. The predicted octanol–water partition coefficient (Wildman–Crippen LogP) is 5.80. The Bertz CT molecular complexity index is 629. The fraction of sp³-hybridized carbons (Fsp3) is 0.333. The van der Waals surface area contributed by atoms with Gasteiger partial charge in [0, 0.05) is 11.5 Å². The van der Waals surface area contributed by atoms with Gasteiger partial charge in [0.05, 0.1) is 4.08 Å². The van der Waals surface area contributed by atoms with E-state index in [1.165, 1.54) is 27.8 Å². The first-order valence-corrected chi connectivity index (χ1v) is 9.08. The van der Waals surface area contributed by atoms with Gasteiger partial charge in [-0.2, -0.15) is 0 Å². The van der Waals surface area contributed by atoms with E-state index < -0.39 is 0 Å². The van der Waals surface area contributed by atoms with E-state index in [0.29, 0.717) is 0 Å². The molecule has 1 aliphatic heterocycles. The second-order valence-electron chi connectivity index (χ2n) is 5.74. The lowest BCUT2D eigenvalue weighted by molar-refractivity contribution is 0.627. The van der Waals surface area contributed by atoms with E-state index in [4.69, 9.17) is 0 Å². The number of hydrogen-bond donors (Lipinski definition) is 0. The van der Waals surface area contributed by atoms with E-state index in [-0.39, 0.29) is 9.90 Å². The van der Waals surface area contributed by atoms with Gasteiger partial charge in [-0.25, -0.2) is 4.39 Å². The van der Waals surface area contributed by atoms with Crippen LogP contribution in [0.2, 0.25) is 0 Å². The highest BCUT2D eigenvalue weighted by Gasteiger charge is 2.31. The summed E-state index contributed by atoms with van der Waals surface area (Å²) in [5.41, 5.74) is 6.82. The van der Waals surface area contributed by atoms with Crippen molar-refractivity contribution in [2.75, 3.05) is 0 Å². The second-order valence-corrected chi connectivity index (χ2v) is 8.78. The van der Waals surface area contributed by atoms with E-state index in [9.17, 15) is 4.39 Å². The van der Waals surface area contributed by atoms with Crippen LogP contribution < -0.4 is 0 Å². The van der Waals surface area contributed by atoms with Crippen LogP contribution in [0.25, 0.3) is 0 Å². The molecule has 0 spiro atoms. The quantitative estimate of drug-likeness (QED) is 0.652. The predicted molar refractivity (Wildman–Crippen MR) is 92.3 cm³/mol. The van der Waals surface area contributed by atoms with E-state index in [1.807, 2.05) is 35.7 Å². The molecule has 0 atom stereocenters. The minimum atomic E-state index is -0.166. The second kappa shape index (κ2) is 5.69. The lowest BCUT2D eigenvalue weighted by Crippen LogP contribution is -2.11. The number of rotatable bonds is 1. The lowest BCUT2D eigenvalue weighted by atomic mass is 10.0. The summed E-state index contributed by atoms with van der Waals surface area (Å²) >= 11 is 3.89. The van der Waals surface area contributed by atoms with Crippen molar-refractivity contribution in [3.63, 3.8) is 0 Å². The van der Waals surface area contributed by atoms with Gasteiger partial charge in [0.15, 0.2) is 0 Å². The molecular formula is C18H19FS2. The van der Waals surface area contributed by atoms with Crippen molar-refractivity contribution in [3.05, 3.63) is 70.0 Å². The van der Waals surface area contributed by atoms with Gasteiger partial charge in [0.2, 0.25) is 0 Å². The van der Waals surface area contributed by atoms with Gasteiger partial charge >= 0.3 is 0 Å². The van der Waals surface area contributed by atoms with Gasteiger partial charge < -0.3 is 0 Å². The molecule has 0 aromatic heterocycles. The fourth-order valence-electron chi connectivity index (χ4n) is 2.60.